The van der Waals surface area contributed by atoms with Gasteiger partial charge in [0.15, 0.2) is 0 Å². The molecule has 1 atom stereocenters. The molecular formula is C37H34ClNO3S. The smallest absolute Gasteiger partial charge is 0.314 e. The average molecular weight is 608 g/mol. The summed E-state index contributed by atoms with van der Waals surface area (Å²) in [6, 6.07) is 32.2. The molecule has 2 aromatic heterocycles. The quantitative estimate of drug-likeness (QED) is 0.103. The number of thiophene rings is 1. The number of esters is 1. The van der Waals surface area contributed by atoms with Crippen molar-refractivity contribution in [3.8, 4) is 5.75 Å². The van der Waals surface area contributed by atoms with Gasteiger partial charge >= 0.3 is 5.97 Å². The zero-order valence-corrected chi connectivity index (χ0v) is 25.7. The first-order chi connectivity index (χ1) is 21.1. The van der Waals surface area contributed by atoms with Crippen LogP contribution in [0.5, 0.6) is 5.75 Å². The molecule has 0 saturated carbocycles. The largest absolute Gasteiger partial charge is 0.494 e. The molecular weight excluding hydrogens is 574 g/mol. The third kappa shape index (κ3) is 6.79. The van der Waals surface area contributed by atoms with Crippen LogP contribution in [0, 0.1) is 0 Å². The van der Waals surface area contributed by atoms with Gasteiger partial charge in [-0.05, 0) is 76.2 Å². The first-order valence-corrected chi connectivity index (χ1v) is 16.0. The lowest BCUT2D eigenvalue weighted by atomic mass is 9.91. The fourth-order valence-electron chi connectivity index (χ4n) is 5.49. The summed E-state index contributed by atoms with van der Waals surface area (Å²) in [5.41, 5.74) is 5.22. The van der Waals surface area contributed by atoms with Gasteiger partial charge in [-0.3, -0.25) is 4.79 Å². The SMILES string of the molecule is CCCCOc1ccc2c(C(Cc3ccccc3)C(=O)OCc3ccccc3)cn(Cc3csc4ccc(Cl)cc34)c2c1. The third-order valence-electron chi connectivity index (χ3n) is 7.77. The van der Waals surface area contributed by atoms with Gasteiger partial charge in [0.1, 0.15) is 12.4 Å². The summed E-state index contributed by atoms with van der Waals surface area (Å²) < 4.78 is 15.5. The summed E-state index contributed by atoms with van der Waals surface area (Å²) in [7, 11) is 0. The van der Waals surface area contributed by atoms with Crippen LogP contribution in [0.1, 0.15) is 47.9 Å². The maximum Gasteiger partial charge on any atom is 0.314 e. The Bertz CT molecular complexity index is 1830. The van der Waals surface area contributed by atoms with Crippen molar-refractivity contribution in [3.63, 3.8) is 0 Å². The van der Waals surface area contributed by atoms with Crippen molar-refractivity contribution in [3.05, 3.63) is 136 Å². The normalized spacial score (nSPS) is 12.0. The van der Waals surface area contributed by atoms with Crippen LogP contribution in [0.3, 0.4) is 0 Å². The van der Waals surface area contributed by atoms with Gasteiger partial charge in [-0.1, -0.05) is 85.6 Å². The summed E-state index contributed by atoms with van der Waals surface area (Å²) in [4.78, 5) is 13.9. The monoisotopic (exact) mass is 607 g/mol. The molecule has 0 amide bonds. The van der Waals surface area contributed by atoms with Crippen LogP contribution in [0.25, 0.3) is 21.0 Å². The van der Waals surface area contributed by atoms with Gasteiger partial charge in [-0.25, -0.2) is 0 Å². The molecule has 0 fully saturated rings. The molecule has 0 N–H and O–H groups in total. The Morgan fingerprint density at radius 3 is 2.44 bits per heavy atom. The number of halogens is 1. The number of nitrogens with zero attached hydrogens (tertiary/aromatic N) is 1. The van der Waals surface area contributed by atoms with Crippen LogP contribution < -0.4 is 4.74 Å². The third-order valence-corrected chi connectivity index (χ3v) is 9.02. The first-order valence-electron chi connectivity index (χ1n) is 14.7. The van der Waals surface area contributed by atoms with Gasteiger partial charge in [-0.15, -0.1) is 11.3 Å². The highest BCUT2D eigenvalue weighted by molar-refractivity contribution is 7.17. The summed E-state index contributed by atoms with van der Waals surface area (Å²) in [6.45, 7) is 3.71. The van der Waals surface area contributed by atoms with Gasteiger partial charge in [0.05, 0.1) is 18.0 Å². The zero-order chi connectivity index (χ0) is 29.6. The highest BCUT2D eigenvalue weighted by Gasteiger charge is 2.27. The van der Waals surface area contributed by atoms with Gasteiger partial charge in [0.2, 0.25) is 0 Å². The van der Waals surface area contributed by atoms with Crippen molar-refractivity contribution in [2.45, 2.75) is 45.3 Å². The molecule has 1 unspecified atom stereocenters. The summed E-state index contributed by atoms with van der Waals surface area (Å²) in [5.74, 6) is 0.120. The number of ether oxygens (including phenoxy) is 2. The lowest BCUT2D eigenvalue weighted by Crippen LogP contribution is -2.18. The maximum absolute atomic E-state index is 13.9. The fourth-order valence-corrected chi connectivity index (χ4v) is 6.60. The molecule has 4 aromatic carbocycles. The van der Waals surface area contributed by atoms with E-state index in [2.05, 4.69) is 53.4 Å². The predicted octanol–water partition coefficient (Wildman–Crippen LogP) is 9.81. The first kappa shape index (κ1) is 29.0. The molecule has 0 saturated heterocycles. The van der Waals surface area contributed by atoms with E-state index >= 15 is 0 Å². The Kier molecular flexibility index (Phi) is 9.11. The molecule has 6 rings (SSSR count). The van der Waals surface area contributed by atoms with E-state index in [1.165, 1.54) is 10.3 Å². The second kappa shape index (κ2) is 13.5. The summed E-state index contributed by atoms with van der Waals surface area (Å²) >= 11 is 8.11. The van der Waals surface area contributed by atoms with E-state index in [9.17, 15) is 4.79 Å². The van der Waals surface area contributed by atoms with Crippen molar-refractivity contribution in [1.29, 1.82) is 0 Å². The Hall–Kier alpha value is -4.06. The highest BCUT2D eigenvalue weighted by atomic mass is 35.5. The standard InChI is InChI=1S/C37H34ClNO3S/c1-2-3-18-41-30-15-16-31-34(23-39(35(31)21-30)22-28-25-43-36-17-14-29(38)20-32(28)36)33(19-26-10-6-4-7-11-26)37(40)42-24-27-12-8-5-9-13-27/h4-17,20-21,23,25,33H,2-3,18-19,22,24H2,1H3. The molecule has 0 aliphatic carbocycles. The van der Waals surface area contributed by atoms with Crippen molar-refractivity contribution in [1.82, 2.24) is 4.57 Å². The summed E-state index contributed by atoms with van der Waals surface area (Å²) in [5, 5.41) is 5.10. The van der Waals surface area contributed by atoms with Crippen molar-refractivity contribution >= 4 is 49.9 Å². The fraction of sp³-hybridized carbons (Fsp3) is 0.216. The molecule has 43 heavy (non-hydrogen) atoms. The number of fused-ring (bicyclic) bond motifs is 2. The molecule has 6 heteroatoms. The Labute approximate surface area is 261 Å². The number of unbranched alkanes of at least 4 members (excludes halogenated alkanes) is 1. The van der Waals surface area contributed by atoms with Crippen LogP contribution in [-0.2, 0) is 29.1 Å². The number of rotatable bonds is 12. The van der Waals surface area contributed by atoms with E-state index in [1.807, 2.05) is 66.7 Å². The lowest BCUT2D eigenvalue weighted by Gasteiger charge is -2.16. The van der Waals surface area contributed by atoms with Crippen LogP contribution in [-0.4, -0.2) is 17.1 Å². The van der Waals surface area contributed by atoms with Crippen LogP contribution in [0.4, 0.5) is 0 Å². The topological polar surface area (TPSA) is 40.5 Å². The molecule has 0 bridgehead atoms. The second-order valence-electron chi connectivity index (χ2n) is 10.8. The minimum Gasteiger partial charge on any atom is -0.494 e. The van der Waals surface area contributed by atoms with Gasteiger partial charge in [-0.2, -0.15) is 0 Å². The van der Waals surface area contributed by atoms with E-state index in [-0.39, 0.29) is 12.6 Å². The molecule has 0 aliphatic heterocycles. The van der Waals surface area contributed by atoms with Crippen LogP contribution in [0.2, 0.25) is 5.02 Å². The predicted molar refractivity (Wildman–Crippen MR) is 177 cm³/mol. The second-order valence-corrected chi connectivity index (χ2v) is 12.2. The van der Waals surface area contributed by atoms with E-state index in [0.717, 1.165) is 56.6 Å². The van der Waals surface area contributed by atoms with Gasteiger partial charge in [0.25, 0.3) is 0 Å². The number of aromatic nitrogens is 1. The Morgan fingerprint density at radius 1 is 0.907 bits per heavy atom. The molecule has 4 nitrogen and oxygen atoms in total. The highest BCUT2D eigenvalue weighted by Crippen LogP contribution is 2.36. The molecule has 2 heterocycles. The van der Waals surface area contributed by atoms with Crippen molar-refractivity contribution < 1.29 is 14.3 Å². The summed E-state index contributed by atoms with van der Waals surface area (Å²) in [6.07, 6.45) is 4.74. The number of carbonyl (C=O) groups is 1. The Balaban J connectivity index is 1.41. The number of carbonyl (C=O) groups excluding carboxylic acids is 1. The van der Waals surface area contributed by atoms with Crippen molar-refractivity contribution in [2.24, 2.45) is 0 Å². The van der Waals surface area contributed by atoms with Gasteiger partial charge < -0.3 is 14.0 Å². The average Bonchev–Trinajstić information content (AvgIpc) is 3.60. The molecule has 6 aromatic rings. The molecule has 0 radical (unpaired) electrons. The van der Waals surface area contributed by atoms with Gasteiger partial charge in [0, 0.05) is 33.9 Å². The van der Waals surface area contributed by atoms with E-state index in [0.29, 0.717) is 19.6 Å². The number of hydrogen-bond donors (Lipinski definition) is 0. The van der Waals surface area contributed by atoms with Crippen LogP contribution >= 0.6 is 22.9 Å². The van der Waals surface area contributed by atoms with Crippen molar-refractivity contribution in [2.75, 3.05) is 6.61 Å². The number of hydrogen-bond acceptors (Lipinski definition) is 4. The Morgan fingerprint density at radius 2 is 1.67 bits per heavy atom. The van der Waals surface area contributed by atoms with Crippen LogP contribution in [0.15, 0.2) is 109 Å². The molecule has 0 spiro atoms. The molecule has 218 valence electrons. The lowest BCUT2D eigenvalue weighted by molar-refractivity contribution is -0.146. The molecule has 0 aliphatic rings. The number of benzene rings is 4. The minimum absolute atomic E-state index is 0.234. The van der Waals surface area contributed by atoms with E-state index in [4.69, 9.17) is 21.1 Å². The van der Waals surface area contributed by atoms with E-state index in [1.54, 1.807) is 11.3 Å². The van der Waals surface area contributed by atoms with E-state index < -0.39 is 5.92 Å². The maximum atomic E-state index is 13.9. The minimum atomic E-state index is -0.476. The zero-order valence-electron chi connectivity index (χ0n) is 24.2.